The first-order valence-corrected chi connectivity index (χ1v) is 10.2. The summed E-state index contributed by atoms with van der Waals surface area (Å²) >= 11 is 0. The van der Waals surface area contributed by atoms with Gasteiger partial charge in [0.05, 0.1) is 5.92 Å². The second kappa shape index (κ2) is 9.36. The van der Waals surface area contributed by atoms with Gasteiger partial charge in [-0.15, -0.1) is 0 Å². The highest BCUT2D eigenvalue weighted by atomic mass is 16.5. The van der Waals surface area contributed by atoms with Gasteiger partial charge in [-0.25, -0.2) is 5.48 Å². The Labute approximate surface area is 185 Å². The predicted octanol–water partition coefficient (Wildman–Crippen LogP) is 3.79. The number of benzene rings is 2. The molecule has 1 aliphatic carbocycles. The van der Waals surface area contributed by atoms with Crippen LogP contribution in [0.2, 0.25) is 0 Å². The number of nitrogens with one attached hydrogen (secondary N) is 3. The molecule has 0 spiro atoms. The van der Waals surface area contributed by atoms with Crippen LogP contribution in [0.1, 0.15) is 16.9 Å². The minimum atomic E-state index is -0.459. The molecule has 0 bridgehead atoms. The molecule has 3 aromatic rings. The van der Waals surface area contributed by atoms with E-state index in [1.807, 2.05) is 42.5 Å². The van der Waals surface area contributed by atoms with Crippen LogP contribution >= 0.6 is 0 Å². The van der Waals surface area contributed by atoms with Crippen molar-refractivity contribution < 1.29 is 19.9 Å². The normalized spacial score (nSPS) is 15.2. The average molecular weight is 429 g/mol. The molecule has 162 valence electrons. The number of hydrogen-bond acceptors (Lipinski definition) is 4. The van der Waals surface area contributed by atoms with Gasteiger partial charge in [-0.1, -0.05) is 60.7 Å². The molecule has 0 saturated carbocycles. The van der Waals surface area contributed by atoms with Crippen molar-refractivity contribution in [1.82, 2.24) is 15.8 Å². The monoisotopic (exact) mass is 429 g/mol. The van der Waals surface area contributed by atoms with Crippen LogP contribution in [0.4, 0.5) is 0 Å². The summed E-state index contributed by atoms with van der Waals surface area (Å²) in [5, 5.41) is 21.3. The number of amides is 2. The van der Waals surface area contributed by atoms with Gasteiger partial charge in [0.15, 0.2) is 0 Å². The van der Waals surface area contributed by atoms with Crippen molar-refractivity contribution in [3.05, 3.63) is 90.2 Å². The zero-order valence-corrected chi connectivity index (χ0v) is 17.2. The number of phenolic OH excluding ortho intramolecular Hbond substituents is 1. The molecule has 2 amide bonds. The topological polar surface area (TPSA) is 114 Å². The summed E-state index contributed by atoms with van der Waals surface area (Å²) in [4.78, 5) is 27.8. The minimum Gasteiger partial charge on any atom is -0.508 e. The van der Waals surface area contributed by atoms with Gasteiger partial charge in [0.2, 0.25) is 0 Å². The molecule has 2 aromatic carbocycles. The minimum absolute atomic E-state index is 0.155. The van der Waals surface area contributed by atoms with Crippen LogP contribution in [0.5, 0.6) is 5.75 Å². The fourth-order valence-electron chi connectivity index (χ4n) is 3.62. The lowest BCUT2D eigenvalue weighted by molar-refractivity contribution is -0.131. The van der Waals surface area contributed by atoms with Crippen LogP contribution < -0.4 is 10.8 Å². The van der Waals surface area contributed by atoms with E-state index in [9.17, 15) is 14.7 Å². The molecule has 0 aliphatic heterocycles. The Bertz CT molecular complexity index is 1180. The molecule has 7 nitrogen and oxygen atoms in total. The van der Waals surface area contributed by atoms with Gasteiger partial charge >= 0.3 is 0 Å². The molecule has 0 fully saturated rings. The fourth-order valence-corrected chi connectivity index (χ4v) is 3.62. The first kappa shape index (κ1) is 21.1. The number of carbonyl (C=O) groups excluding carboxylic acids is 2. The number of hydroxylamine groups is 1. The maximum atomic E-state index is 13.1. The molecular weight excluding hydrogens is 406 g/mol. The SMILES string of the molecule is O=C(NCC1=CC[C@@H](C(=O)NO)C=C1)c1[nH]c(-c2ccccc2)cc1-c1ccc(O)cc1. The molecule has 0 unspecified atom stereocenters. The third-order valence-corrected chi connectivity index (χ3v) is 5.38. The van der Waals surface area contributed by atoms with Gasteiger partial charge in [0.25, 0.3) is 11.8 Å². The van der Waals surface area contributed by atoms with E-state index in [2.05, 4.69) is 10.3 Å². The smallest absolute Gasteiger partial charge is 0.268 e. The van der Waals surface area contributed by atoms with E-state index in [0.717, 1.165) is 28.0 Å². The average Bonchev–Trinajstić information content (AvgIpc) is 3.29. The van der Waals surface area contributed by atoms with Crippen LogP contribution in [0.15, 0.2) is 84.5 Å². The van der Waals surface area contributed by atoms with Gasteiger partial charge < -0.3 is 15.4 Å². The Kier molecular flexibility index (Phi) is 6.19. The summed E-state index contributed by atoms with van der Waals surface area (Å²) in [7, 11) is 0. The van der Waals surface area contributed by atoms with Gasteiger partial charge in [0.1, 0.15) is 11.4 Å². The van der Waals surface area contributed by atoms with Crippen molar-refractivity contribution in [3.8, 4) is 28.1 Å². The summed E-state index contributed by atoms with van der Waals surface area (Å²) in [6, 6.07) is 18.4. The maximum Gasteiger partial charge on any atom is 0.268 e. The maximum absolute atomic E-state index is 13.1. The Hall–Kier alpha value is -4.10. The van der Waals surface area contributed by atoms with Crippen LogP contribution in [-0.4, -0.2) is 33.7 Å². The van der Waals surface area contributed by atoms with Crippen LogP contribution in [0.25, 0.3) is 22.4 Å². The molecule has 0 saturated heterocycles. The third kappa shape index (κ3) is 4.63. The number of hydrogen-bond donors (Lipinski definition) is 5. The number of allylic oxidation sites excluding steroid dienone is 1. The third-order valence-electron chi connectivity index (χ3n) is 5.38. The van der Waals surface area contributed by atoms with Crippen molar-refractivity contribution in [2.24, 2.45) is 5.92 Å². The number of rotatable bonds is 6. The quantitative estimate of drug-likeness (QED) is 0.303. The Morgan fingerprint density at radius 2 is 1.78 bits per heavy atom. The summed E-state index contributed by atoms with van der Waals surface area (Å²) in [6.45, 7) is 0.303. The lowest BCUT2D eigenvalue weighted by atomic mass is 9.96. The first-order chi connectivity index (χ1) is 15.5. The summed E-state index contributed by atoms with van der Waals surface area (Å²) in [5.74, 6) is -0.987. The molecule has 0 radical (unpaired) electrons. The standard InChI is InChI=1S/C25H23N3O4/c29-20-12-10-17(11-13-20)21-14-22(18-4-2-1-3-5-18)27-23(21)25(31)26-15-16-6-8-19(9-7-16)24(30)28-32/h1-8,10-14,19,27,29,32H,9,15H2,(H,26,31)(H,28,30)/t19-/m0/s1. The second-order valence-electron chi connectivity index (χ2n) is 7.52. The van der Waals surface area contributed by atoms with E-state index in [1.165, 1.54) is 0 Å². The van der Waals surface area contributed by atoms with Crippen molar-refractivity contribution in [1.29, 1.82) is 0 Å². The van der Waals surface area contributed by atoms with E-state index in [0.29, 0.717) is 18.7 Å². The predicted molar refractivity (Wildman–Crippen MR) is 121 cm³/mol. The highest BCUT2D eigenvalue weighted by Crippen LogP contribution is 2.31. The molecule has 7 heteroatoms. The molecule has 5 N–H and O–H groups in total. The Balaban J connectivity index is 1.55. The van der Waals surface area contributed by atoms with E-state index < -0.39 is 11.8 Å². The number of phenols is 1. The number of aromatic amines is 1. The highest BCUT2D eigenvalue weighted by molar-refractivity contribution is 6.01. The first-order valence-electron chi connectivity index (χ1n) is 10.2. The molecule has 1 heterocycles. The van der Waals surface area contributed by atoms with E-state index in [4.69, 9.17) is 5.21 Å². The number of H-pyrrole nitrogens is 1. The zero-order valence-electron chi connectivity index (χ0n) is 17.2. The van der Waals surface area contributed by atoms with E-state index >= 15 is 0 Å². The van der Waals surface area contributed by atoms with Crippen LogP contribution in [-0.2, 0) is 4.79 Å². The molecule has 1 atom stereocenters. The summed E-state index contributed by atoms with van der Waals surface area (Å²) in [5.41, 5.74) is 6.26. The summed E-state index contributed by atoms with van der Waals surface area (Å²) < 4.78 is 0. The molecule has 1 aliphatic rings. The lowest BCUT2D eigenvalue weighted by Crippen LogP contribution is -2.29. The van der Waals surface area contributed by atoms with Gasteiger partial charge in [-0.3, -0.25) is 14.8 Å². The van der Waals surface area contributed by atoms with Gasteiger partial charge in [-0.2, -0.15) is 0 Å². The van der Waals surface area contributed by atoms with E-state index in [1.54, 1.807) is 41.9 Å². The lowest BCUT2D eigenvalue weighted by Gasteiger charge is -2.15. The zero-order chi connectivity index (χ0) is 22.5. The fraction of sp³-hybridized carbons (Fsp3) is 0.120. The van der Waals surface area contributed by atoms with Crippen LogP contribution in [0.3, 0.4) is 0 Å². The summed E-state index contributed by atoms with van der Waals surface area (Å²) in [6.07, 6.45) is 5.80. The van der Waals surface area contributed by atoms with Crippen molar-refractivity contribution in [3.63, 3.8) is 0 Å². The molecular formula is C25H23N3O4. The van der Waals surface area contributed by atoms with Gasteiger partial charge in [0, 0.05) is 17.8 Å². The van der Waals surface area contributed by atoms with E-state index in [-0.39, 0.29) is 11.7 Å². The number of aromatic nitrogens is 1. The number of carbonyl (C=O) groups is 2. The molecule has 4 rings (SSSR count). The Morgan fingerprint density at radius 3 is 2.44 bits per heavy atom. The van der Waals surface area contributed by atoms with Gasteiger partial charge in [-0.05, 0) is 41.3 Å². The highest BCUT2D eigenvalue weighted by Gasteiger charge is 2.19. The largest absolute Gasteiger partial charge is 0.508 e. The molecule has 32 heavy (non-hydrogen) atoms. The van der Waals surface area contributed by atoms with Crippen molar-refractivity contribution in [2.75, 3.05) is 6.54 Å². The Morgan fingerprint density at radius 1 is 1.03 bits per heavy atom. The molecule has 1 aromatic heterocycles. The van der Waals surface area contributed by atoms with Crippen molar-refractivity contribution >= 4 is 11.8 Å². The van der Waals surface area contributed by atoms with Crippen molar-refractivity contribution in [2.45, 2.75) is 6.42 Å². The second-order valence-corrected chi connectivity index (χ2v) is 7.52. The number of aromatic hydroxyl groups is 1. The van der Waals surface area contributed by atoms with Crippen LogP contribution in [0, 0.1) is 5.92 Å².